The molecule has 0 radical (unpaired) electrons. The molecule has 1 fully saturated rings. The number of methoxy groups -OCH3 is 1. The molecule has 0 unspecified atom stereocenters. The second-order valence-corrected chi connectivity index (χ2v) is 3.94. The van der Waals surface area contributed by atoms with Gasteiger partial charge in [-0.15, -0.1) is 0 Å². The summed E-state index contributed by atoms with van der Waals surface area (Å²) in [5.74, 6) is 0.517. The van der Waals surface area contributed by atoms with Gasteiger partial charge in [-0.3, -0.25) is 0 Å². The Labute approximate surface area is 72.7 Å². The first-order chi connectivity index (χ1) is 5.49. The average Bonchev–Trinajstić information content (AvgIpc) is 1.96. The van der Waals surface area contributed by atoms with Crippen molar-refractivity contribution in [2.24, 2.45) is 11.8 Å². The van der Waals surface area contributed by atoms with Gasteiger partial charge in [0.1, 0.15) is 0 Å². The molecular weight excluding hydrogens is 156 g/mol. The molecule has 1 aliphatic carbocycles. The molecule has 1 aliphatic rings. The van der Waals surface area contributed by atoms with Crippen LogP contribution in [-0.4, -0.2) is 23.8 Å². The van der Waals surface area contributed by atoms with Crippen molar-refractivity contribution >= 4 is 5.97 Å². The molecule has 3 heteroatoms. The van der Waals surface area contributed by atoms with Crippen molar-refractivity contribution < 1.29 is 14.6 Å². The van der Waals surface area contributed by atoms with Crippen molar-refractivity contribution in [2.75, 3.05) is 7.11 Å². The lowest BCUT2D eigenvalue weighted by Gasteiger charge is -2.43. The number of carbonyl (C=O) groups is 1. The number of esters is 1. The summed E-state index contributed by atoms with van der Waals surface area (Å²) >= 11 is 0. The Bertz CT molecular complexity index is 180. The maximum Gasteiger partial charge on any atom is 0.337 e. The normalized spacial score (nSPS) is 34.6. The molecule has 1 rings (SSSR count). The van der Waals surface area contributed by atoms with Gasteiger partial charge < -0.3 is 9.84 Å². The molecule has 0 spiro atoms. The van der Waals surface area contributed by atoms with Crippen LogP contribution in [0.3, 0.4) is 0 Å². The van der Waals surface area contributed by atoms with E-state index in [1.807, 2.05) is 0 Å². The SMILES string of the molecule is COC(=O)C1(O)CC(C(C)C)C1. The highest BCUT2D eigenvalue weighted by Gasteiger charge is 2.50. The van der Waals surface area contributed by atoms with E-state index >= 15 is 0 Å². The minimum atomic E-state index is -1.18. The Morgan fingerprint density at radius 3 is 2.42 bits per heavy atom. The first kappa shape index (κ1) is 9.52. The van der Waals surface area contributed by atoms with Gasteiger partial charge in [-0.05, 0) is 24.7 Å². The van der Waals surface area contributed by atoms with E-state index in [9.17, 15) is 9.90 Å². The van der Waals surface area contributed by atoms with Crippen molar-refractivity contribution in [3.63, 3.8) is 0 Å². The van der Waals surface area contributed by atoms with E-state index in [1.165, 1.54) is 7.11 Å². The topological polar surface area (TPSA) is 46.5 Å². The summed E-state index contributed by atoms with van der Waals surface area (Å²) in [5.41, 5.74) is -1.18. The van der Waals surface area contributed by atoms with Crippen LogP contribution in [0, 0.1) is 11.8 Å². The van der Waals surface area contributed by atoms with Gasteiger partial charge >= 0.3 is 5.97 Å². The fraction of sp³-hybridized carbons (Fsp3) is 0.889. The third-order valence-electron chi connectivity index (χ3n) is 2.71. The maximum atomic E-state index is 11.0. The Kier molecular flexibility index (Phi) is 2.42. The quantitative estimate of drug-likeness (QED) is 0.631. The van der Waals surface area contributed by atoms with Gasteiger partial charge in [-0.1, -0.05) is 13.8 Å². The molecule has 0 aromatic rings. The molecule has 0 bridgehead atoms. The van der Waals surface area contributed by atoms with Crippen LogP contribution in [0.25, 0.3) is 0 Å². The largest absolute Gasteiger partial charge is 0.467 e. The van der Waals surface area contributed by atoms with Crippen LogP contribution in [0.5, 0.6) is 0 Å². The van der Waals surface area contributed by atoms with Crippen molar-refractivity contribution in [3.8, 4) is 0 Å². The van der Waals surface area contributed by atoms with E-state index in [0.717, 1.165) is 0 Å². The number of hydrogen-bond acceptors (Lipinski definition) is 3. The number of carbonyl (C=O) groups excluding carboxylic acids is 1. The van der Waals surface area contributed by atoms with Gasteiger partial charge in [-0.2, -0.15) is 0 Å². The predicted molar refractivity (Wildman–Crippen MR) is 44.5 cm³/mol. The highest BCUT2D eigenvalue weighted by atomic mass is 16.5. The van der Waals surface area contributed by atoms with Crippen molar-refractivity contribution in [2.45, 2.75) is 32.3 Å². The number of rotatable bonds is 2. The molecule has 0 saturated heterocycles. The predicted octanol–water partition coefficient (Wildman–Crippen LogP) is 0.956. The Morgan fingerprint density at radius 1 is 1.58 bits per heavy atom. The summed E-state index contributed by atoms with van der Waals surface area (Å²) in [6.45, 7) is 4.20. The van der Waals surface area contributed by atoms with Crippen LogP contribution >= 0.6 is 0 Å². The smallest absolute Gasteiger partial charge is 0.337 e. The van der Waals surface area contributed by atoms with Gasteiger partial charge in [0, 0.05) is 0 Å². The monoisotopic (exact) mass is 172 g/mol. The van der Waals surface area contributed by atoms with Gasteiger partial charge in [0.15, 0.2) is 5.60 Å². The second kappa shape index (κ2) is 3.05. The molecule has 70 valence electrons. The summed E-state index contributed by atoms with van der Waals surface area (Å²) in [4.78, 5) is 11.0. The molecule has 0 aliphatic heterocycles. The first-order valence-corrected chi connectivity index (χ1v) is 4.30. The lowest BCUT2D eigenvalue weighted by Crippen LogP contribution is -2.52. The molecule has 1 saturated carbocycles. The van der Waals surface area contributed by atoms with Gasteiger partial charge in [0.25, 0.3) is 0 Å². The zero-order valence-electron chi connectivity index (χ0n) is 7.83. The molecule has 0 atom stereocenters. The van der Waals surface area contributed by atoms with Gasteiger partial charge in [0.2, 0.25) is 0 Å². The van der Waals surface area contributed by atoms with Crippen LogP contribution in [0.2, 0.25) is 0 Å². The third-order valence-corrected chi connectivity index (χ3v) is 2.71. The van der Waals surface area contributed by atoms with Crippen molar-refractivity contribution in [1.29, 1.82) is 0 Å². The number of aliphatic hydroxyl groups is 1. The minimum absolute atomic E-state index is 0.467. The van der Waals surface area contributed by atoms with Crippen LogP contribution in [0.1, 0.15) is 26.7 Å². The van der Waals surface area contributed by atoms with Crippen LogP contribution in [0.15, 0.2) is 0 Å². The summed E-state index contributed by atoms with van der Waals surface area (Å²) in [6, 6.07) is 0. The van der Waals surface area contributed by atoms with Crippen LogP contribution in [0.4, 0.5) is 0 Å². The van der Waals surface area contributed by atoms with Crippen molar-refractivity contribution in [1.82, 2.24) is 0 Å². The molecule has 3 nitrogen and oxygen atoms in total. The standard InChI is InChI=1S/C9H16O3/c1-6(2)7-4-9(11,5-7)8(10)12-3/h6-7,11H,4-5H2,1-3H3. The number of hydrogen-bond donors (Lipinski definition) is 1. The fourth-order valence-corrected chi connectivity index (χ4v) is 1.64. The van der Waals surface area contributed by atoms with E-state index in [4.69, 9.17) is 0 Å². The summed E-state index contributed by atoms with van der Waals surface area (Å²) < 4.78 is 4.50. The van der Waals surface area contributed by atoms with E-state index in [1.54, 1.807) is 0 Å². The highest BCUT2D eigenvalue weighted by molar-refractivity contribution is 5.80. The molecule has 0 heterocycles. The van der Waals surface area contributed by atoms with Gasteiger partial charge in [-0.25, -0.2) is 4.79 Å². The number of ether oxygens (including phenoxy) is 1. The molecule has 1 N–H and O–H groups in total. The first-order valence-electron chi connectivity index (χ1n) is 4.30. The summed E-state index contributed by atoms with van der Waals surface area (Å²) in [5, 5.41) is 9.62. The lowest BCUT2D eigenvalue weighted by atomic mass is 9.66. The summed E-state index contributed by atoms with van der Waals surface area (Å²) in [7, 11) is 1.31. The zero-order valence-corrected chi connectivity index (χ0v) is 7.83. The van der Waals surface area contributed by atoms with E-state index in [0.29, 0.717) is 24.7 Å². The molecular formula is C9H16O3. The van der Waals surface area contributed by atoms with Crippen LogP contribution in [-0.2, 0) is 9.53 Å². The van der Waals surface area contributed by atoms with Crippen molar-refractivity contribution in [3.05, 3.63) is 0 Å². The van der Waals surface area contributed by atoms with E-state index in [-0.39, 0.29) is 0 Å². The second-order valence-electron chi connectivity index (χ2n) is 3.94. The van der Waals surface area contributed by atoms with Crippen LogP contribution < -0.4 is 0 Å². The average molecular weight is 172 g/mol. The Hall–Kier alpha value is -0.570. The zero-order chi connectivity index (χ0) is 9.35. The fourth-order valence-electron chi connectivity index (χ4n) is 1.64. The van der Waals surface area contributed by atoms with Gasteiger partial charge in [0.05, 0.1) is 7.11 Å². The summed E-state index contributed by atoms with van der Waals surface area (Å²) in [6.07, 6.45) is 1.11. The molecule has 0 aromatic carbocycles. The highest BCUT2D eigenvalue weighted by Crippen LogP contribution is 2.42. The molecule has 0 aromatic heterocycles. The third kappa shape index (κ3) is 1.46. The van der Waals surface area contributed by atoms with E-state index < -0.39 is 11.6 Å². The lowest BCUT2D eigenvalue weighted by molar-refractivity contribution is -0.180. The van der Waals surface area contributed by atoms with E-state index in [2.05, 4.69) is 18.6 Å². The molecule has 12 heavy (non-hydrogen) atoms. The Balaban J connectivity index is 2.45. The minimum Gasteiger partial charge on any atom is -0.467 e. The Morgan fingerprint density at radius 2 is 2.08 bits per heavy atom. The molecule has 0 amide bonds. The maximum absolute atomic E-state index is 11.0.